The van der Waals surface area contributed by atoms with Gasteiger partial charge in [0.25, 0.3) is 17.4 Å². The van der Waals surface area contributed by atoms with Gasteiger partial charge in [-0.3, -0.25) is 44.0 Å². The second-order valence-electron chi connectivity index (χ2n) is 16.0. The monoisotopic (exact) mass is 824 g/mol. The van der Waals surface area contributed by atoms with Crippen LogP contribution in [0.5, 0.6) is 11.5 Å². The molecule has 0 radical (unpaired) electrons. The zero-order valence-electron chi connectivity index (χ0n) is 34.6. The molecule has 5 aliphatic heterocycles. The number of anilines is 1. The number of hydrogen-bond acceptors (Lipinski definition) is 12. The maximum absolute atomic E-state index is 13.4. The molecule has 2 unspecified atom stereocenters. The van der Waals surface area contributed by atoms with E-state index in [1.54, 1.807) is 49.9 Å². The molecule has 3 aromatic rings. The van der Waals surface area contributed by atoms with Crippen LogP contribution in [0, 0.1) is 0 Å². The van der Waals surface area contributed by atoms with E-state index >= 15 is 0 Å². The Morgan fingerprint density at radius 3 is 2.30 bits per heavy atom. The minimum Gasteiger partial charge on any atom is -0.496 e. The first kappa shape index (κ1) is 41.0. The zero-order valence-corrected chi connectivity index (χ0v) is 34.6. The van der Waals surface area contributed by atoms with Crippen LogP contribution in [-0.2, 0) is 40.9 Å². The number of rotatable bonds is 10. The van der Waals surface area contributed by atoms with Crippen molar-refractivity contribution in [2.24, 2.45) is 7.05 Å². The molecule has 3 saturated heterocycles. The topological polar surface area (TPSA) is 175 Å². The number of piperazine rings is 1. The van der Waals surface area contributed by atoms with E-state index in [2.05, 4.69) is 25.3 Å². The molecule has 1 aromatic heterocycles. The van der Waals surface area contributed by atoms with Gasteiger partial charge in [-0.1, -0.05) is 0 Å². The molecule has 0 bridgehead atoms. The lowest BCUT2D eigenvalue weighted by Gasteiger charge is -2.38. The third-order valence-electron chi connectivity index (χ3n) is 12.5. The highest BCUT2D eigenvalue weighted by Gasteiger charge is 2.45. The van der Waals surface area contributed by atoms with E-state index in [4.69, 9.17) is 14.2 Å². The van der Waals surface area contributed by atoms with E-state index < -0.39 is 29.7 Å². The highest BCUT2D eigenvalue weighted by Crippen LogP contribution is 2.39. The van der Waals surface area contributed by atoms with Crippen LogP contribution in [0.1, 0.15) is 56.7 Å². The second-order valence-corrected chi connectivity index (χ2v) is 16.0. The zero-order chi connectivity index (χ0) is 42.2. The number of urea groups is 1. The normalized spacial score (nSPS) is 21.2. The average Bonchev–Trinajstić information content (AvgIpc) is 3.51. The van der Waals surface area contributed by atoms with E-state index in [0.717, 1.165) is 85.1 Å². The van der Waals surface area contributed by atoms with Crippen molar-refractivity contribution in [3.8, 4) is 22.6 Å². The van der Waals surface area contributed by atoms with E-state index in [0.29, 0.717) is 43.2 Å². The van der Waals surface area contributed by atoms with Crippen molar-refractivity contribution < 1.29 is 38.2 Å². The molecular weight excluding hydrogens is 773 g/mol. The number of aryl methyl sites for hydroxylation is 1. The Balaban J connectivity index is 0.874. The number of morpholine rings is 1. The SMILES string of the molecule is CNC(=O)N1CCc2c(-c3cc(OC)c(CN4CCOC(CCN5CCN(c6ccc7c(c6)C(=O)N(C6CCC(=O)NC6=O)C7=O)CC5)C4)c(OC)c3)cn(C)c(=O)c2C1. The highest BCUT2D eigenvalue weighted by molar-refractivity contribution is 6.23. The molecule has 6 amide bonds. The molecule has 17 heteroatoms. The second kappa shape index (κ2) is 17.1. The van der Waals surface area contributed by atoms with Gasteiger partial charge in [0.2, 0.25) is 11.8 Å². The van der Waals surface area contributed by atoms with Crippen molar-refractivity contribution in [2.75, 3.05) is 85.1 Å². The van der Waals surface area contributed by atoms with E-state index in [9.17, 15) is 28.8 Å². The molecule has 0 spiro atoms. The number of carbonyl (C=O) groups excluding carboxylic acids is 5. The number of imide groups is 2. The van der Waals surface area contributed by atoms with Crippen molar-refractivity contribution in [1.82, 2.24) is 34.8 Å². The van der Waals surface area contributed by atoms with Gasteiger partial charge in [0.15, 0.2) is 0 Å². The maximum atomic E-state index is 13.4. The van der Waals surface area contributed by atoms with Gasteiger partial charge >= 0.3 is 6.03 Å². The van der Waals surface area contributed by atoms with Gasteiger partial charge in [-0.2, -0.15) is 0 Å². The van der Waals surface area contributed by atoms with Crippen molar-refractivity contribution in [1.29, 1.82) is 0 Å². The molecule has 6 heterocycles. The molecule has 17 nitrogen and oxygen atoms in total. The van der Waals surface area contributed by atoms with E-state index in [-0.39, 0.29) is 48.2 Å². The number of benzene rings is 2. The predicted octanol–water partition coefficient (Wildman–Crippen LogP) is 1.58. The summed E-state index contributed by atoms with van der Waals surface area (Å²) in [6, 6.07) is 8.10. The van der Waals surface area contributed by atoms with Crippen LogP contribution < -0.4 is 30.6 Å². The van der Waals surface area contributed by atoms with Gasteiger partial charge in [0, 0.05) is 102 Å². The van der Waals surface area contributed by atoms with Crippen LogP contribution in [0.3, 0.4) is 0 Å². The lowest BCUT2D eigenvalue weighted by molar-refractivity contribution is -0.136. The van der Waals surface area contributed by atoms with Crippen LogP contribution in [0.4, 0.5) is 10.5 Å². The fourth-order valence-corrected chi connectivity index (χ4v) is 9.21. The minimum atomic E-state index is -0.989. The molecule has 318 valence electrons. The maximum Gasteiger partial charge on any atom is 0.317 e. The number of amides is 6. The Bertz CT molecular complexity index is 2260. The first-order valence-electron chi connectivity index (χ1n) is 20.6. The number of carbonyl (C=O) groups is 5. The minimum absolute atomic E-state index is 0.0482. The molecule has 2 aromatic carbocycles. The number of ether oxygens (including phenoxy) is 3. The van der Waals surface area contributed by atoms with Crippen LogP contribution >= 0.6 is 0 Å². The van der Waals surface area contributed by atoms with E-state index in [1.807, 2.05) is 24.4 Å². The van der Waals surface area contributed by atoms with Gasteiger partial charge in [0.1, 0.15) is 17.5 Å². The van der Waals surface area contributed by atoms with E-state index in [1.165, 1.54) is 0 Å². The molecule has 5 aliphatic rings. The van der Waals surface area contributed by atoms with Crippen molar-refractivity contribution in [3.63, 3.8) is 0 Å². The number of pyridine rings is 1. The van der Waals surface area contributed by atoms with Gasteiger partial charge < -0.3 is 33.9 Å². The standard InChI is InChI=1S/C43H52N8O9/c1-44-43(57)50-12-10-29-32(23-46(2)40(54)33(29)25-50)26-19-36(58-3)34(37(20-26)59-4)24-48-17-18-60-28(22-48)9-11-47-13-15-49(16-14-47)27-5-6-30-31(21-27)42(56)51(41(30)55)35-7-8-38(52)45-39(35)53/h5-6,19-21,23,28,35H,7-18,22,24-25H2,1-4H3,(H,44,57)(H,45,52,53). The van der Waals surface area contributed by atoms with Crippen LogP contribution in [0.15, 0.2) is 41.3 Å². The number of aromatic nitrogens is 1. The molecule has 3 fully saturated rings. The van der Waals surface area contributed by atoms with Gasteiger partial charge in [-0.15, -0.1) is 0 Å². The Labute approximate surface area is 348 Å². The lowest BCUT2D eigenvalue weighted by Crippen LogP contribution is -2.54. The fraction of sp³-hybridized carbons (Fsp3) is 0.488. The number of nitrogens with zero attached hydrogens (tertiary/aromatic N) is 6. The Morgan fingerprint density at radius 2 is 1.60 bits per heavy atom. The quantitative estimate of drug-likeness (QED) is 0.283. The average molecular weight is 825 g/mol. The summed E-state index contributed by atoms with van der Waals surface area (Å²) in [6.07, 6.45) is 3.53. The summed E-state index contributed by atoms with van der Waals surface area (Å²) < 4.78 is 19.8. The third kappa shape index (κ3) is 7.84. The number of fused-ring (bicyclic) bond motifs is 2. The van der Waals surface area contributed by atoms with Crippen molar-refractivity contribution >= 4 is 35.3 Å². The summed E-state index contributed by atoms with van der Waals surface area (Å²) in [4.78, 5) is 85.9. The van der Waals surface area contributed by atoms with Crippen molar-refractivity contribution in [2.45, 2.75) is 50.9 Å². The summed E-state index contributed by atoms with van der Waals surface area (Å²) in [5.41, 5.74) is 5.59. The number of methoxy groups -OCH3 is 2. The summed E-state index contributed by atoms with van der Waals surface area (Å²) >= 11 is 0. The highest BCUT2D eigenvalue weighted by atomic mass is 16.5. The molecule has 60 heavy (non-hydrogen) atoms. The van der Waals surface area contributed by atoms with Gasteiger partial charge in [0.05, 0.1) is 50.2 Å². The molecule has 8 rings (SSSR count). The molecule has 2 atom stereocenters. The number of hydrogen-bond donors (Lipinski definition) is 2. The summed E-state index contributed by atoms with van der Waals surface area (Å²) in [6.45, 7) is 7.52. The molecule has 0 aliphatic carbocycles. The summed E-state index contributed by atoms with van der Waals surface area (Å²) in [5, 5.41) is 4.90. The Hall–Kier alpha value is -5.78. The number of piperidine rings is 1. The first-order chi connectivity index (χ1) is 29.0. The van der Waals surface area contributed by atoms with Crippen LogP contribution in [-0.4, -0.2) is 146 Å². The predicted molar refractivity (Wildman–Crippen MR) is 220 cm³/mol. The van der Waals surface area contributed by atoms with Gasteiger partial charge in [-0.05, 0) is 60.7 Å². The summed E-state index contributed by atoms with van der Waals surface area (Å²) in [5.74, 6) is -0.634. The third-order valence-corrected chi connectivity index (χ3v) is 12.5. The van der Waals surface area contributed by atoms with Gasteiger partial charge in [-0.25, -0.2) is 4.79 Å². The van der Waals surface area contributed by atoms with Crippen LogP contribution in [0.25, 0.3) is 11.1 Å². The van der Waals surface area contributed by atoms with Crippen molar-refractivity contribution in [3.05, 3.63) is 74.7 Å². The summed E-state index contributed by atoms with van der Waals surface area (Å²) in [7, 11) is 6.63. The van der Waals surface area contributed by atoms with Crippen LogP contribution in [0.2, 0.25) is 0 Å². The largest absolute Gasteiger partial charge is 0.496 e. The number of nitrogens with one attached hydrogen (secondary N) is 2. The lowest BCUT2D eigenvalue weighted by atomic mass is 9.91. The molecule has 2 N–H and O–H groups in total. The smallest absolute Gasteiger partial charge is 0.317 e. The first-order valence-corrected chi connectivity index (χ1v) is 20.6. The Morgan fingerprint density at radius 1 is 0.867 bits per heavy atom. The fourth-order valence-electron chi connectivity index (χ4n) is 9.21. The molecular formula is C43H52N8O9. The molecule has 0 saturated carbocycles. The Kier molecular flexibility index (Phi) is 11.7.